The number of carbonyl (C=O) groups is 2. The van der Waals surface area contributed by atoms with Gasteiger partial charge >= 0.3 is 0 Å². The number of benzene rings is 2. The second kappa shape index (κ2) is 11.7. The van der Waals surface area contributed by atoms with Crippen molar-refractivity contribution >= 4 is 29.1 Å². The van der Waals surface area contributed by atoms with E-state index in [2.05, 4.69) is 0 Å². The summed E-state index contributed by atoms with van der Waals surface area (Å²) in [6, 6.07) is 7.79. The Morgan fingerprint density at radius 2 is 1.83 bits per heavy atom. The van der Waals surface area contributed by atoms with E-state index in [4.69, 9.17) is 25.8 Å². The molecule has 2 aromatic rings. The summed E-state index contributed by atoms with van der Waals surface area (Å²) in [4.78, 5) is 30.1. The molecule has 1 aliphatic rings. The Labute approximate surface area is 217 Å². The van der Waals surface area contributed by atoms with Gasteiger partial charge in [-0.05, 0) is 76.3 Å². The van der Waals surface area contributed by atoms with Crippen LogP contribution in [0, 0.1) is 6.92 Å². The maximum Gasteiger partial charge on any atom is 0.295 e. The summed E-state index contributed by atoms with van der Waals surface area (Å²) in [6.45, 7) is 5.19. The summed E-state index contributed by atoms with van der Waals surface area (Å²) < 4.78 is 16.6. The van der Waals surface area contributed by atoms with Gasteiger partial charge in [0.25, 0.3) is 11.7 Å². The smallest absolute Gasteiger partial charge is 0.295 e. The first-order chi connectivity index (χ1) is 17.1. The first-order valence-corrected chi connectivity index (χ1v) is 12.1. The average molecular weight is 517 g/mol. The van der Waals surface area contributed by atoms with E-state index in [-0.39, 0.29) is 22.6 Å². The molecule has 1 atom stereocenters. The highest BCUT2D eigenvalue weighted by molar-refractivity contribution is 6.46. The van der Waals surface area contributed by atoms with Crippen molar-refractivity contribution in [3.8, 4) is 17.2 Å². The molecule has 2 aromatic carbocycles. The zero-order valence-corrected chi connectivity index (χ0v) is 22.3. The minimum Gasteiger partial charge on any atom is -0.507 e. The number of halogens is 1. The Balaban J connectivity index is 2.23. The molecule has 9 heteroatoms. The maximum absolute atomic E-state index is 13.4. The maximum atomic E-state index is 13.4. The van der Waals surface area contributed by atoms with Crippen molar-refractivity contribution in [2.75, 3.05) is 48.0 Å². The fourth-order valence-corrected chi connectivity index (χ4v) is 4.75. The van der Waals surface area contributed by atoms with Crippen molar-refractivity contribution in [2.45, 2.75) is 26.3 Å². The molecule has 0 bridgehead atoms. The molecule has 1 fully saturated rings. The monoisotopic (exact) mass is 516 g/mol. The summed E-state index contributed by atoms with van der Waals surface area (Å²) in [7, 11) is 6.84. The molecule has 0 aliphatic carbocycles. The lowest BCUT2D eigenvalue weighted by molar-refractivity contribution is -0.139. The standard InChI is InChI=1S/C27H33ClN2O6/c1-7-36-20-10-9-17(15-21(20)34-5)23-22(25(32)27(33)30(23)12-8-11-29(3)4)24(31)18-13-16(2)14-19(28)26(18)35-6/h9-10,13-15,23,31H,7-8,11-12H2,1-6H3/b24-22+. The minimum atomic E-state index is -0.833. The van der Waals surface area contributed by atoms with Crippen LogP contribution in [0.3, 0.4) is 0 Å². The molecule has 0 radical (unpaired) electrons. The number of aryl methyl sites for hydroxylation is 1. The molecule has 1 amide bonds. The van der Waals surface area contributed by atoms with E-state index in [1.165, 1.54) is 19.1 Å². The molecule has 3 rings (SSSR count). The number of aliphatic hydroxyl groups excluding tert-OH is 1. The van der Waals surface area contributed by atoms with Gasteiger partial charge in [-0.15, -0.1) is 0 Å². The molecule has 1 N–H and O–H groups in total. The number of amides is 1. The Kier molecular flexibility index (Phi) is 8.87. The average Bonchev–Trinajstić information content (AvgIpc) is 3.08. The Hall–Kier alpha value is -3.23. The van der Waals surface area contributed by atoms with Crippen LogP contribution in [0.2, 0.25) is 5.02 Å². The highest BCUT2D eigenvalue weighted by atomic mass is 35.5. The van der Waals surface area contributed by atoms with E-state index < -0.39 is 17.7 Å². The SMILES string of the molecule is CCOc1ccc(C2/C(=C(\O)c3cc(C)cc(Cl)c3OC)C(=O)C(=O)N2CCCN(C)C)cc1OC. The molecule has 1 saturated heterocycles. The van der Waals surface area contributed by atoms with E-state index in [1.807, 2.05) is 32.8 Å². The highest BCUT2D eigenvalue weighted by Gasteiger charge is 2.46. The van der Waals surface area contributed by atoms with E-state index in [0.29, 0.717) is 41.7 Å². The second-order valence-electron chi connectivity index (χ2n) is 8.82. The van der Waals surface area contributed by atoms with E-state index in [1.54, 1.807) is 30.3 Å². The predicted molar refractivity (Wildman–Crippen MR) is 139 cm³/mol. The predicted octanol–water partition coefficient (Wildman–Crippen LogP) is 4.44. The highest BCUT2D eigenvalue weighted by Crippen LogP contribution is 2.44. The van der Waals surface area contributed by atoms with E-state index in [9.17, 15) is 14.7 Å². The Morgan fingerprint density at radius 3 is 2.44 bits per heavy atom. The molecule has 0 spiro atoms. The van der Waals surface area contributed by atoms with Gasteiger partial charge in [-0.1, -0.05) is 17.7 Å². The number of rotatable bonds is 10. The first-order valence-electron chi connectivity index (χ1n) is 11.7. The van der Waals surface area contributed by atoms with Crippen LogP contribution >= 0.6 is 11.6 Å². The van der Waals surface area contributed by atoms with Crippen molar-refractivity contribution in [1.29, 1.82) is 0 Å². The van der Waals surface area contributed by atoms with Crippen LogP contribution in [-0.2, 0) is 9.59 Å². The Bertz CT molecular complexity index is 1180. The third kappa shape index (κ3) is 5.44. The molecule has 1 heterocycles. The number of hydrogen-bond donors (Lipinski definition) is 1. The van der Waals surface area contributed by atoms with Gasteiger partial charge in [-0.2, -0.15) is 0 Å². The van der Waals surface area contributed by atoms with Gasteiger partial charge in [0.1, 0.15) is 11.5 Å². The number of methoxy groups -OCH3 is 2. The third-order valence-corrected chi connectivity index (χ3v) is 6.28. The van der Waals surface area contributed by atoms with Gasteiger partial charge in [-0.3, -0.25) is 9.59 Å². The fourth-order valence-electron chi connectivity index (χ4n) is 4.40. The van der Waals surface area contributed by atoms with Crippen LogP contribution in [0.4, 0.5) is 0 Å². The van der Waals surface area contributed by atoms with E-state index >= 15 is 0 Å². The van der Waals surface area contributed by atoms with Crippen LogP contribution in [0.1, 0.15) is 36.1 Å². The number of nitrogens with zero attached hydrogens (tertiary/aromatic N) is 2. The molecule has 0 aromatic heterocycles. The number of Topliss-reactive ketones (excluding diaryl/α,β-unsaturated/α-hetero) is 1. The normalized spacial score (nSPS) is 17.1. The van der Waals surface area contributed by atoms with Gasteiger partial charge in [0.15, 0.2) is 11.5 Å². The van der Waals surface area contributed by atoms with Crippen LogP contribution in [0.15, 0.2) is 35.9 Å². The largest absolute Gasteiger partial charge is 0.507 e. The molecule has 1 unspecified atom stereocenters. The summed E-state index contributed by atoms with van der Waals surface area (Å²) in [6.07, 6.45) is 0.643. The van der Waals surface area contributed by atoms with Crippen molar-refractivity contribution in [3.05, 3.63) is 57.6 Å². The molecular formula is C27H33ClN2O6. The lowest BCUT2D eigenvalue weighted by atomic mass is 9.94. The van der Waals surface area contributed by atoms with E-state index in [0.717, 1.165) is 12.1 Å². The molecule has 8 nitrogen and oxygen atoms in total. The van der Waals surface area contributed by atoms with Gasteiger partial charge in [0, 0.05) is 6.54 Å². The quantitative estimate of drug-likeness (QED) is 0.284. The number of ketones is 1. The van der Waals surface area contributed by atoms with Crippen LogP contribution in [0.25, 0.3) is 5.76 Å². The minimum absolute atomic E-state index is 0.0315. The van der Waals surface area contributed by atoms with Crippen LogP contribution in [-0.4, -0.2) is 74.6 Å². The summed E-state index contributed by atoms with van der Waals surface area (Å²) in [5.41, 5.74) is 1.59. The van der Waals surface area contributed by atoms with Crippen molar-refractivity contribution in [2.24, 2.45) is 0 Å². The lowest BCUT2D eigenvalue weighted by Crippen LogP contribution is -2.32. The van der Waals surface area contributed by atoms with Crippen molar-refractivity contribution < 1.29 is 28.9 Å². The topological polar surface area (TPSA) is 88.5 Å². The van der Waals surface area contributed by atoms with Gasteiger partial charge in [0.2, 0.25) is 0 Å². The molecule has 194 valence electrons. The lowest BCUT2D eigenvalue weighted by Gasteiger charge is -2.26. The Morgan fingerprint density at radius 1 is 1.11 bits per heavy atom. The first kappa shape index (κ1) is 27.4. The molecule has 1 aliphatic heterocycles. The zero-order chi connectivity index (χ0) is 26.6. The van der Waals surface area contributed by atoms with Gasteiger partial charge < -0.3 is 29.1 Å². The summed E-state index contributed by atoms with van der Waals surface area (Å²) >= 11 is 6.36. The van der Waals surface area contributed by atoms with Gasteiger partial charge in [0.05, 0.1) is 43.0 Å². The van der Waals surface area contributed by atoms with Crippen LogP contribution < -0.4 is 14.2 Å². The molecule has 0 saturated carbocycles. The number of carbonyl (C=O) groups excluding carboxylic acids is 2. The summed E-state index contributed by atoms with van der Waals surface area (Å²) in [5.74, 6) is -0.559. The van der Waals surface area contributed by atoms with Gasteiger partial charge in [-0.25, -0.2) is 0 Å². The number of aliphatic hydroxyl groups is 1. The molecule has 36 heavy (non-hydrogen) atoms. The second-order valence-corrected chi connectivity index (χ2v) is 9.23. The third-order valence-electron chi connectivity index (χ3n) is 5.99. The fraction of sp³-hybridized carbons (Fsp3) is 0.407. The molecular weight excluding hydrogens is 484 g/mol. The van der Waals surface area contributed by atoms with Crippen molar-refractivity contribution in [3.63, 3.8) is 0 Å². The number of ether oxygens (including phenoxy) is 3. The number of likely N-dealkylation sites (tertiary alicyclic amines) is 1. The van der Waals surface area contributed by atoms with Crippen molar-refractivity contribution in [1.82, 2.24) is 9.80 Å². The zero-order valence-electron chi connectivity index (χ0n) is 21.6. The summed E-state index contributed by atoms with van der Waals surface area (Å²) in [5, 5.41) is 11.8. The van der Waals surface area contributed by atoms with Crippen LogP contribution in [0.5, 0.6) is 17.2 Å². The number of hydrogen-bond acceptors (Lipinski definition) is 7.